The van der Waals surface area contributed by atoms with Crippen LogP contribution < -0.4 is 5.32 Å². The maximum atomic E-state index is 13.3. The molecule has 3 aromatic rings. The molecule has 0 aliphatic carbocycles. The summed E-state index contributed by atoms with van der Waals surface area (Å²) in [5.41, 5.74) is 1.50. The van der Waals surface area contributed by atoms with Crippen LogP contribution in [0.4, 0.5) is 8.78 Å². The molecule has 1 N–H and O–H groups in total. The summed E-state index contributed by atoms with van der Waals surface area (Å²) in [4.78, 5) is 16.8. The highest BCUT2D eigenvalue weighted by Crippen LogP contribution is 2.20. The quantitative estimate of drug-likeness (QED) is 0.735. The maximum absolute atomic E-state index is 13.3. The molecule has 0 saturated carbocycles. The predicted molar refractivity (Wildman–Crippen MR) is 94.3 cm³/mol. The molecule has 0 aliphatic rings. The van der Waals surface area contributed by atoms with Gasteiger partial charge in [0, 0.05) is 25.9 Å². The van der Waals surface area contributed by atoms with Gasteiger partial charge in [-0.15, -0.1) is 0 Å². The molecule has 6 heteroatoms. The number of rotatable bonds is 6. The first-order chi connectivity index (χ1) is 12.5. The van der Waals surface area contributed by atoms with E-state index >= 15 is 0 Å². The first-order valence-corrected chi connectivity index (χ1v) is 8.30. The summed E-state index contributed by atoms with van der Waals surface area (Å²) < 4.78 is 28.1. The molecule has 1 amide bonds. The van der Waals surface area contributed by atoms with Gasteiger partial charge in [-0.2, -0.15) is 0 Å². The van der Waals surface area contributed by atoms with E-state index in [-0.39, 0.29) is 18.4 Å². The minimum Gasteiger partial charge on any atom is -0.342 e. The van der Waals surface area contributed by atoms with Crippen molar-refractivity contribution < 1.29 is 13.6 Å². The zero-order valence-corrected chi connectivity index (χ0v) is 14.3. The number of halogens is 2. The fourth-order valence-corrected chi connectivity index (χ4v) is 2.78. The number of hydrogen-bond donors (Lipinski definition) is 1. The van der Waals surface area contributed by atoms with Crippen molar-refractivity contribution in [2.45, 2.75) is 18.9 Å². The molecule has 1 unspecified atom stereocenters. The third-order valence-corrected chi connectivity index (χ3v) is 4.18. The lowest BCUT2D eigenvalue weighted by Gasteiger charge is -2.19. The molecular weight excluding hydrogens is 336 g/mol. The first-order valence-electron chi connectivity index (χ1n) is 8.30. The van der Waals surface area contributed by atoms with Crippen LogP contribution in [0.2, 0.25) is 0 Å². The van der Waals surface area contributed by atoms with E-state index in [2.05, 4.69) is 10.3 Å². The normalized spacial score (nSPS) is 12.0. The Bertz CT molecular complexity index is 893. The van der Waals surface area contributed by atoms with Crippen LogP contribution in [0.3, 0.4) is 0 Å². The number of carbonyl (C=O) groups excluding carboxylic acids is 1. The van der Waals surface area contributed by atoms with Crippen LogP contribution in [0.15, 0.2) is 60.9 Å². The van der Waals surface area contributed by atoms with Gasteiger partial charge in [-0.1, -0.05) is 36.4 Å². The van der Waals surface area contributed by atoms with Crippen LogP contribution in [0.5, 0.6) is 0 Å². The topological polar surface area (TPSA) is 46.9 Å². The van der Waals surface area contributed by atoms with E-state index in [1.54, 1.807) is 6.20 Å². The summed E-state index contributed by atoms with van der Waals surface area (Å²) in [5, 5.41) is 2.98. The second kappa shape index (κ2) is 7.91. The molecule has 0 aliphatic heterocycles. The van der Waals surface area contributed by atoms with Crippen molar-refractivity contribution in [3.63, 3.8) is 0 Å². The van der Waals surface area contributed by atoms with E-state index in [1.807, 2.05) is 48.1 Å². The van der Waals surface area contributed by atoms with Gasteiger partial charge in [0.1, 0.15) is 11.9 Å². The second-order valence-electron chi connectivity index (χ2n) is 6.06. The number of nitrogens with one attached hydrogen (secondary N) is 1. The van der Waals surface area contributed by atoms with E-state index in [4.69, 9.17) is 0 Å². The highest BCUT2D eigenvalue weighted by Gasteiger charge is 2.20. The lowest BCUT2D eigenvalue weighted by Crippen LogP contribution is -2.31. The Hall–Kier alpha value is -3.02. The third kappa shape index (κ3) is 4.14. The average Bonchev–Trinajstić information content (AvgIpc) is 3.07. The van der Waals surface area contributed by atoms with Gasteiger partial charge in [0.05, 0.1) is 0 Å². The Morgan fingerprint density at radius 3 is 2.58 bits per heavy atom. The Morgan fingerprint density at radius 2 is 1.92 bits per heavy atom. The van der Waals surface area contributed by atoms with Gasteiger partial charge in [0.15, 0.2) is 11.6 Å². The van der Waals surface area contributed by atoms with Crippen molar-refractivity contribution in [1.82, 2.24) is 14.9 Å². The summed E-state index contributed by atoms with van der Waals surface area (Å²) in [6.45, 7) is 0. The molecule has 0 fully saturated rings. The number of benzene rings is 2. The zero-order chi connectivity index (χ0) is 18.5. The van der Waals surface area contributed by atoms with E-state index in [9.17, 15) is 13.6 Å². The molecule has 2 aromatic carbocycles. The summed E-state index contributed by atoms with van der Waals surface area (Å²) >= 11 is 0. The van der Waals surface area contributed by atoms with E-state index < -0.39 is 11.6 Å². The molecule has 1 atom stereocenters. The van der Waals surface area contributed by atoms with Crippen molar-refractivity contribution in [1.29, 1.82) is 0 Å². The number of carbonyl (C=O) groups is 1. The molecule has 0 radical (unpaired) electrons. The summed E-state index contributed by atoms with van der Waals surface area (Å²) in [7, 11) is 1.87. The number of nitrogens with zero attached hydrogens (tertiary/aromatic N) is 2. The van der Waals surface area contributed by atoms with Crippen LogP contribution in [0.25, 0.3) is 0 Å². The number of hydrogen-bond acceptors (Lipinski definition) is 2. The lowest BCUT2D eigenvalue weighted by molar-refractivity contribution is -0.121. The van der Waals surface area contributed by atoms with E-state index in [0.29, 0.717) is 12.0 Å². The standard InChI is InChI=1S/C20H19F2N3O/c1-25-12-11-23-20(25)19(15-5-3-2-4-6-15)24-18(26)10-8-14-7-9-16(21)17(22)13-14/h2-7,9,11-13,19H,8,10H2,1H3,(H,24,26). The SMILES string of the molecule is Cn1ccnc1C(NC(=O)CCc1ccc(F)c(F)c1)c1ccccc1. The number of amides is 1. The summed E-state index contributed by atoms with van der Waals surface area (Å²) in [6, 6.07) is 12.9. The van der Waals surface area contributed by atoms with Crippen LogP contribution in [0, 0.1) is 11.6 Å². The van der Waals surface area contributed by atoms with Gasteiger partial charge >= 0.3 is 0 Å². The zero-order valence-electron chi connectivity index (χ0n) is 14.3. The van der Waals surface area contributed by atoms with Gasteiger partial charge in [-0.25, -0.2) is 13.8 Å². The first kappa shape index (κ1) is 17.8. The average molecular weight is 355 g/mol. The smallest absolute Gasteiger partial charge is 0.221 e. The molecule has 3 rings (SSSR count). The van der Waals surface area contributed by atoms with E-state index in [0.717, 1.165) is 23.5 Å². The number of aromatic nitrogens is 2. The Morgan fingerprint density at radius 1 is 1.15 bits per heavy atom. The molecule has 0 bridgehead atoms. The van der Waals surface area contributed by atoms with Crippen LogP contribution in [-0.4, -0.2) is 15.5 Å². The Kier molecular flexibility index (Phi) is 5.41. The molecule has 0 spiro atoms. The molecule has 1 aromatic heterocycles. The molecule has 26 heavy (non-hydrogen) atoms. The fraction of sp³-hybridized carbons (Fsp3) is 0.200. The van der Waals surface area contributed by atoms with Crippen LogP contribution in [0.1, 0.15) is 29.4 Å². The number of imidazole rings is 1. The molecule has 4 nitrogen and oxygen atoms in total. The van der Waals surface area contributed by atoms with Crippen LogP contribution >= 0.6 is 0 Å². The number of aryl methyl sites for hydroxylation is 2. The monoisotopic (exact) mass is 355 g/mol. The van der Waals surface area contributed by atoms with Gasteiger partial charge in [0.2, 0.25) is 5.91 Å². The molecule has 0 saturated heterocycles. The van der Waals surface area contributed by atoms with Crippen LogP contribution in [-0.2, 0) is 18.3 Å². The highest BCUT2D eigenvalue weighted by atomic mass is 19.2. The summed E-state index contributed by atoms with van der Waals surface area (Å²) in [5.74, 6) is -1.26. The van der Waals surface area contributed by atoms with Crippen molar-refractivity contribution in [2.75, 3.05) is 0 Å². The minimum absolute atomic E-state index is 0.166. The van der Waals surface area contributed by atoms with Crippen molar-refractivity contribution in [3.8, 4) is 0 Å². The molecule has 134 valence electrons. The maximum Gasteiger partial charge on any atom is 0.221 e. The third-order valence-electron chi connectivity index (χ3n) is 4.18. The fourth-order valence-electron chi connectivity index (χ4n) is 2.78. The second-order valence-corrected chi connectivity index (χ2v) is 6.06. The van der Waals surface area contributed by atoms with Crippen molar-refractivity contribution in [2.24, 2.45) is 7.05 Å². The van der Waals surface area contributed by atoms with Gasteiger partial charge in [-0.05, 0) is 29.7 Å². The Labute approximate surface area is 150 Å². The predicted octanol–water partition coefficient (Wildman–Crippen LogP) is 3.54. The van der Waals surface area contributed by atoms with Gasteiger partial charge in [0.25, 0.3) is 0 Å². The highest BCUT2D eigenvalue weighted by molar-refractivity contribution is 5.77. The van der Waals surface area contributed by atoms with E-state index in [1.165, 1.54) is 6.07 Å². The summed E-state index contributed by atoms with van der Waals surface area (Å²) in [6.07, 6.45) is 3.99. The lowest BCUT2D eigenvalue weighted by atomic mass is 10.0. The minimum atomic E-state index is -0.905. The van der Waals surface area contributed by atoms with Gasteiger partial charge < -0.3 is 9.88 Å². The Balaban J connectivity index is 1.71. The van der Waals surface area contributed by atoms with Crippen molar-refractivity contribution in [3.05, 3.63) is 89.5 Å². The van der Waals surface area contributed by atoms with Gasteiger partial charge in [-0.3, -0.25) is 4.79 Å². The van der Waals surface area contributed by atoms with Crippen molar-refractivity contribution >= 4 is 5.91 Å². The molecular formula is C20H19F2N3O. The molecule has 1 heterocycles. The largest absolute Gasteiger partial charge is 0.342 e.